The Hall–Kier alpha value is -3.22. The summed E-state index contributed by atoms with van der Waals surface area (Å²) in [4.78, 5) is 30.4. The number of rotatable bonds is 18. The fourth-order valence-electron chi connectivity index (χ4n) is 7.06. The van der Waals surface area contributed by atoms with Gasteiger partial charge in [0, 0.05) is 58.3 Å². The molecule has 11 heteroatoms. The van der Waals surface area contributed by atoms with Gasteiger partial charge in [-0.2, -0.15) is 0 Å². The summed E-state index contributed by atoms with van der Waals surface area (Å²) >= 11 is 0. The average Bonchev–Trinajstić information content (AvgIpc) is 3.08. The van der Waals surface area contributed by atoms with E-state index in [4.69, 9.17) is 29.4 Å². The van der Waals surface area contributed by atoms with Gasteiger partial charge in [-0.15, -0.1) is 0 Å². The van der Waals surface area contributed by atoms with Crippen LogP contribution >= 0.6 is 0 Å². The van der Waals surface area contributed by atoms with Crippen molar-refractivity contribution < 1.29 is 33.3 Å². The molecule has 3 N–H and O–H groups in total. The minimum atomic E-state index is -0.638. The van der Waals surface area contributed by atoms with Crippen molar-refractivity contribution in [3.63, 3.8) is 0 Å². The molecular formula is C39H60N4O7. The number of hydrogen-bond donors (Lipinski definition) is 2. The van der Waals surface area contributed by atoms with Crippen molar-refractivity contribution in [3.8, 4) is 5.75 Å². The number of fused-ring (bicyclic) bond motifs is 1. The average molecular weight is 697 g/mol. The van der Waals surface area contributed by atoms with E-state index < -0.39 is 11.6 Å². The normalized spacial score (nSPS) is 20.0. The third-order valence-corrected chi connectivity index (χ3v) is 9.67. The van der Waals surface area contributed by atoms with E-state index in [1.807, 2.05) is 38.7 Å². The van der Waals surface area contributed by atoms with Crippen LogP contribution in [0.3, 0.4) is 0 Å². The highest BCUT2D eigenvalue weighted by Crippen LogP contribution is 2.39. The highest BCUT2D eigenvalue weighted by atomic mass is 16.5. The van der Waals surface area contributed by atoms with Crippen molar-refractivity contribution in [3.05, 3.63) is 59.2 Å². The summed E-state index contributed by atoms with van der Waals surface area (Å²) in [6.45, 7) is 14.9. The van der Waals surface area contributed by atoms with Crippen LogP contribution < -0.4 is 20.7 Å². The Balaban J connectivity index is 1.62. The van der Waals surface area contributed by atoms with Crippen molar-refractivity contribution in [2.45, 2.75) is 96.7 Å². The van der Waals surface area contributed by atoms with E-state index in [-0.39, 0.29) is 35.8 Å². The van der Waals surface area contributed by atoms with Crippen LogP contribution in [-0.2, 0) is 41.8 Å². The first-order chi connectivity index (χ1) is 23.9. The van der Waals surface area contributed by atoms with Crippen LogP contribution in [-0.4, -0.2) is 101 Å². The van der Waals surface area contributed by atoms with Crippen LogP contribution in [0.5, 0.6) is 5.75 Å². The van der Waals surface area contributed by atoms with E-state index >= 15 is 0 Å². The van der Waals surface area contributed by atoms with Gasteiger partial charge in [-0.1, -0.05) is 44.2 Å². The molecular weight excluding hydrogens is 636 g/mol. The third-order valence-electron chi connectivity index (χ3n) is 9.67. The van der Waals surface area contributed by atoms with Crippen LogP contribution in [0.15, 0.2) is 42.5 Å². The van der Waals surface area contributed by atoms with E-state index in [1.54, 1.807) is 14.2 Å². The molecule has 0 bridgehead atoms. The van der Waals surface area contributed by atoms with Gasteiger partial charge in [-0.05, 0) is 67.9 Å². The van der Waals surface area contributed by atoms with E-state index in [9.17, 15) is 9.59 Å². The van der Waals surface area contributed by atoms with Gasteiger partial charge in [0.2, 0.25) is 11.8 Å². The van der Waals surface area contributed by atoms with Gasteiger partial charge in [-0.3, -0.25) is 9.59 Å². The third kappa shape index (κ3) is 11.1. The fraction of sp³-hybridized carbons (Fsp3) is 0.641. The molecule has 4 atom stereocenters. The standard InChI is InChI=1S/C39H60N4O7/c1-27(2)37(40)38(45)43-24-36(50-26-30-11-14-35-34(21-30)42(16-18-49-35)15-8-17-46-6)33(22-32(43)23-39(4,5)41-28(3)44)31-12-9-29(10-13-31)25-48-20-19-47-7/h9-14,21,27,32-33,36-37H,8,15-20,22-26,40H2,1-7H3,(H,41,44)/t32-,33-,36+,37?/m1/s1. The Kier molecular flexibility index (Phi) is 14.9. The second-order valence-electron chi connectivity index (χ2n) is 14.6. The van der Waals surface area contributed by atoms with Crippen LogP contribution in [0.1, 0.15) is 76.5 Å². The molecule has 0 aliphatic carbocycles. The lowest BCUT2D eigenvalue weighted by molar-refractivity contribution is -0.144. The number of amides is 2. The zero-order valence-electron chi connectivity index (χ0n) is 31.2. The highest BCUT2D eigenvalue weighted by Gasteiger charge is 2.43. The molecule has 2 aromatic rings. The summed E-state index contributed by atoms with van der Waals surface area (Å²) < 4.78 is 29.0. The zero-order valence-corrected chi connectivity index (χ0v) is 31.2. The second-order valence-corrected chi connectivity index (χ2v) is 14.6. The Morgan fingerprint density at radius 2 is 1.74 bits per heavy atom. The summed E-state index contributed by atoms with van der Waals surface area (Å²) in [7, 11) is 3.39. The number of hydrogen-bond acceptors (Lipinski definition) is 9. The van der Waals surface area contributed by atoms with Crippen LogP contribution in [0.2, 0.25) is 0 Å². The molecule has 278 valence electrons. The Morgan fingerprint density at radius 3 is 2.42 bits per heavy atom. The summed E-state index contributed by atoms with van der Waals surface area (Å²) in [5, 5.41) is 3.09. The topological polar surface area (TPSA) is 125 Å². The lowest BCUT2D eigenvalue weighted by Crippen LogP contribution is -2.59. The maximum absolute atomic E-state index is 14.0. The second kappa shape index (κ2) is 18.9. The van der Waals surface area contributed by atoms with Gasteiger partial charge in [0.1, 0.15) is 12.4 Å². The van der Waals surface area contributed by atoms with Crippen LogP contribution in [0, 0.1) is 5.92 Å². The number of carbonyl (C=O) groups excluding carboxylic acids is 2. The molecule has 50 heavy (non-hydrogen) atoms. The maximum Gasteiger partial charge on any atom is 0.240 e. The van der Waals surface area contributed by atoms with Gasteiger partial charge in [0.15, 0.2) is 0 Å². The number of nitrogens with one attached hydrogen (secondary N) is 1. The molecule has 2 aliphatic rings. The summed E-state index contributed by atoms with van der Waals surface area (Å²) in [6.07, 6.45) is 1.90. The van der Waals surface area contributed by atoms with Crippen molar-refractivity contribution in [2.24, 2.45) is 11.7 Å². The number of nitrogens with zero attached hydrogens (tertiary/aromatic N) is 2. The van der Waals surface area contributed by atoms with Gasteiger partial charge in [0.25, 0.3) is 0 Å². The minimum absolute atomic E-state index is 0.00224. The molecule has 1 unspecified atom stereocenters. The lowest BCUT2D eigenvalue weighted by Gasteiger charge is -2.47. The molecule has 11 nitrogen and oxygen atoms in total. The van der Waals surface area contributed by atoms with Crippen LogP contribution in [0.25, 0.3) is 0 Å². The SMILES string of the molecule is COCCCN1CCOc2ccc(CO[C@H]3CN(C(=O)C(N)C(C)C)[C@@H](CC(C)(C)NC(C)=O)C[C@@H]3c3ccc(COCCOC)cc3)cc21. The number of carbonyl (C=O) groups is 2. The molecule has 0 spiro atoms. The number of ether oxygens (including phenoxy) is 5. The number of likely N-dealkylation sites (tertiary alicyclic amines) is 1. The number of benzene rings is 2. The van der Waals surface area contributed by atoms with Crippen molar-refractivity contribution in [1.82, 2.24) is 10.2 Å². The molecule has 1 fully saturated rings. The molecule has 0 radical (unpaired) electrons. The van der Waals surface area contributed by atoms with E-state index in [0.717, 1.165) is 47.6 Å². The maximum atomic E-state index is 14.0. The Morgan fingerprint density at radius 1 is 1.02 bits per heavy atom. The first kappa shape index (κ1) is 39.6. The predicted molar refractivity (Wildman–Crippen MR) is 195 cm³/mol. The summed E-state index contributed by atoms with van der Waals surface area (Å²) in [5.41, 5.74) is 10.3. The molecule has 2 aliphatic heterocycles. The number of piperidine rings is 1. The molecule has 4 rings (SSSR count). The van der Waals surface area contributed by atoms with Crippen LogP contribution in [0.4, 0.5) is 5.69 Å². The van der Waals surface area contributed by atoms with Crippen molar-refractivity contribution >= 4 is 17.5 Å². The largest absolute Gasteiger partial charge is 0.490 e. The van der Waals surface area contributed by atoms with Gasteiger partial charge in [-0.25, -0.2) is 0 Å². The van der Waals surface area contributed by atoms with Crippen molar-refractivity contribution in [1.29, 1.82) is 0 Å². The van der Waals surface area contributed by atoms with Gasteiger partial charge < -0.3 is 44.5 Å². The first-order valence-electron chi connectivity index (χ1n) is 18.0. The van der Waals surface area contributed by atoms with Crippen molar-refractivity contribution in [2.75, 3.05) is 65.2 Å². The molecule has 1 saturated heterocycles. The predicted octanol–water partition coefficient (Wildman–Crippen LogP) is 4.64. The lowest BCUT2D eigenvalue weighted by atomic mass is 9.78. The van der Waals surface area contributed by atoms with E-state index in [2.05, 4.69) is 46.6 Å². The Labute approximate surface area is 299 Å². The van der Waals surface area contributed by atoms with E-state index in [0.29, 0.717) is 59.0 Å². The molecule has 2 amide bonds. The number of methoxy groups -OCH3 is 2. The van der Waals surface area contributed by atoms with E-state index in [1.165, 1.54) is 6.92 Å². The Bertz CT molecular complexity index is 1370. The molecule has 2 heterocycles. The molecule has 0 saturated carbocycles. The fourth-order valence-corrected chi connectivity index (χ4v) is 7.06. The molecule has 2 aromatic carbocycles. The zero-order chi connectivity index (χ0) is 36.3. The summed E-state index contributed by atoms with van der Waals surface area (Å²) in [6, 6.07) is 14.0. The monoisotopic (exact) mass is 696 g/mol. The van der Waals surface area contributed by atoms with Gasteiger partial charge >= 0.3 is 0 Å². The number of anilines is 1. The molecule has 0 aromatic heterocycles. The quantitative estimate of drug-likeness (QED) is 0.215. The highest BCUT2D eigenvalue weighted by molar-refractivity contribution is 5.82. The summed E-state index contributed by atoms with van der Waals surface area (Å²) in [5.74, 6) is 0.672. The number of nitrogens with two attached hydrogens (primary N) is 1. The van der Waals surface area contributed by atoms with Gasteiger partial charge in [0.05, 0.1) is 50.8 Å². The smallest absolute Gasteiger partial charge is 0.240 e. The first-order valence-corrected chi connectivity index (χ1v) is 18.0. The minimum Gasteiger partial charge on any atom is -0.490 e.